The maximum Gasteiger partial charge on any atom is 0.241 e. The van der Waals surface area contributed by atoms with E-state index >= 15 is 0 Å². The lowest BCUT2D eigenvalue weighted by Crippen LogP contribution is -2.52. The van der Waals surface area contributed by atoms with Crippen molar-refractivity contribution in [1.29, 1.82) is 0 Å². The Balaban J connectivity index is 0.00000220. The molecule has 1 fully saturated rings. The van der Waals surface area contributed by atoms with Crippen LogP contribution in [0, 0.1) is 11.7 Å². The number of sulfonamides is 1. The largest absolute Gasteiger partial charge is 0.494 e. The fourth-order valence-corrected chi connectivity index (χ4v) is 3.68. The van der Waals surface area contributed by atoms with Crippen molar-refractivity contribution in [1.82, 2.24) is 4.72 Å². The summed E-state index contributed by atoms with van der Waals surface area (Å²) in [5.74, 6) is -0.464. The fraction of sp³-hybridized carbons (Fsp3) is 0.538. The lowest BCUT2D eigenvalue weighted by atomic mass is 9.98. The van der Waals surface area contributed by atoms with E-state index in [2.05, 4.69) is 4.72 Å². The zero-order valence-corrected chi connectivity index (χ0v) is 13.6. The third kappa shape index (κ3) is 3.85. The Morgan fingerprint density at radius 2 is 2.10 bits per heavy atom. The van der Waals surface area contributed by atoms with E-state index in [0.717, 1.165) is 18.9 Å². The molecule has 1 saturated carbocycles. The zero-order chi connectivity index (χ0) is 15.0. The summed E-state index contributed by atoms with van der Waals surface area (Å²) in [7, 11) is -2.49. The molecule has 0 amide bonds. The summed E-state index contributed by atoms with van der Waals surface area (Å²) in [5.41, 5.74) is 5.00. The second-order valence-electron chi connectivity index (χ2n) is 5.30. The molecule has 0 bridgehead atoms. The molecule has 120 valence electrons. The Hall–Kier alpha value is -0.890. The molecule has 1 aliphatic rings. The summed E-state index contributed by atoms with van der Waals surface area (Å²) < 4.78 is 45.6. The number of methoxy groups -OCH3 is 1. The molecule has 8 heteroatoms. The standard InChI is InChI=1S/C13H19FN2O3S.ClH/c1-13(8-15,9-3-4-9)16-20(17,18)10-5-6-12(19-2)11(14)7-10;/h5-7,9,16H,3-4,8,15H2,1-2H3;1H. The highest BCUT2D eigenvalue weighted by Crippen LogP contribution is 2.39. The van der Waals surface area contributed by atoms with E-state index in [1.807, 2.05) is 0 Å². The average Bonchev–Trinajstić information content (AvgIpc) is 3.22. The van der Waals surface area contributed by atoms with Crippen LogP contribution in [-0.2, 0) is 10.0 Å². The Morgan fingerprint density at radius 3 is 2.52 bits per heavy atom. The van der Waals surface area contributed by atoms with Gasteiger partial charge in [0.25, 0.3) is 0 Å². The van der Waals surface area contributed by atoms with Crippen molar-refractivity contribution < 1.29 is 17.5 Å². The number of ether oxygens (including phenoxy) is 1. The van der Waals surface area contributed by atoms with Gasteiger partial charge in [0.15, 0.2) is 11.6 Å². The number of nitrogens with two attached hydrogens (primary N) is 1. The van der Waals surface area contributed by atoms with Crippen LogP contribution in [0.1, 0.15) is 19.8 Å². The topological polar surface area (TPSA) is 81.4 Å². The number of halogens is 2. The first kappa shape index (κ1) is 18.2. The minimum absolute atomic E-state index is 0. The molecule has 0 saturated heterocycles. The summed E-state index contributed by atoms with van der Waals surface area (Å²) in [6.45, 7) is 1.98. The molecular weight excluding hydrogens is 319 g/mol. The van der Waals surface area contributed by atoms with Crippen LogP contribution >= 0.6 is 12.4 Å². The molecule has 0 radical (unpaired) electrons. The molecule has 1 aliphatic carbocycles. The number of rotatable bonds is 6. The van der Waals surface area contributed by atoms with Crippen LogP contribution in [-0.4, -0.2) is 27.6 Å². The third-order valence-corrected chi connectivity index (χ3v) is 5.31. The SMILES string of the molecule is COc1ccc(S(=O)(=O)NC(C)(CN)C2CC2)cc1F.Cl. The quantitative estimate of drug-likeness (QED) is 0.826. The van der Waals surface area contributed by atoms with E-state index in [1.165, 1.54) is 19.2 Å². The van der Waals surface area contributed by atoms with E-state index in [9.17, 15) is 12.8 Å². The highest BCUT2D eigenvalue weighted by molar-refractivity contribution is 7.89. The second-order valence-corrected chi connectivity index (χ2v) is 6.98. The van der Waals surface area contributed by atoms with Crippen LogP contribution in [0.15, 0.2) is 23.1 Å². The molecule has 3 N–H and O–H groups in total. The van der Waals surface area contributed by atoms with E-state index in [-0.39, 0.29) is 35.5 Å². The molecule has 1 aromatic carbocycles. The highest BCUT2D eigenvalue weighted by atomic mass is 35.5. The lowest BCUT2D eigenvalue weighted by Gasteiger charge is -2.29. The first-order valence-corrected chi connectivity index (χ1v) is 7.88. The number of nitrogens with one attached hydrogen (secondary N) is 1. The average molecular weight is 339 g/mol. The predicted molar refractivity (Wildman–Crippen MR) is 80.7 cm³/mol. The third-order valence-electron chi connectivity index (χ3n) is 3.70. The van der Waals surface area contributed by atoms with Crippen molar-refractivity contribution in [3.05, 3.63) is 24.0 Å². The van der Waals surface area contributed by atoms with Crippen LogP contribution in [0.3, 0.4) is 0 Å². The second kappa shape index (κ2) is 6.48. The molecular formula is C13H20ClFN2O3S. The van der Waals surface area contributed by atoms with Gasteiger partial charge in [0.2, 0.25) is 10.0 Å². The summed E-state index contributed by atoms with van der Waals surface area (Å²) in [6.07, 6.45) is 1.90. The highest BCUT2D eigenvalue weighted by Gasteiger charge is 2.43. The van der Waals surface area contributed by atoms with Crippen molar-refractivity contribution in [3.8, 4) is 5.75 Å². The van der Waals surface area contributed by atoms with Crippen LogP contribution in [0.5, 0.6) is 5.75 Å². The molecule has 1 aromatic rings. The van der Waals surface area contributed by atoms with Gasteiger partial charge in [-0.3, -0.25) is 0 Å². The van der Waals surface area contributed by atoms with Crippen molar-refractivity contribution in [2.24, 2.45) is 11.7 Å². The van der Waals surface area contributed by atoms with Gasteiger partial charge in [-0.25, -0.2) is 17.5 Å². The van der Waals surface area contributed by atoms with Gasteiger partial charge in [0.1, 0.15) is 0 Å². The number of benzene rings is 1. The van der Waals surface area contributed by atoms with Crippen molar-refractivity contribution in [3.63, 3.8) is 0 Å². The van der Waals surface area contributed by atoms with Gasteiger partial charge >= 0.3 is 0 Å². The minimum Gasteiger partial charge on any atom is -0.494 e. The Labute approximate surface area is 130 Å². The van der Waals surface area contributed by atoms with Crippen LogP contribution in [0.2, 0.25) is 0 Å². The van der Waals surface area contributed by atoms with Crippen LogP contribution in [0.4, 0.5) is 4.39 Å². The summed E-state index contributed by atoms with van der Waals surface area (Å²) in [4.78, 5) is -0.129. The molecule has 1 unspecified atom stereocenters. The maximum atomic E-state index is 13.6. The molecule has 0 aliphatic heterocycles. The summed E-state index contributed by atoms with van der Waals surface area (Å²) >= 11 is 0. The van der Waals surface area contributed by atoms with E-state index < -0.39 is 21.4 Å². The van der Waals surface area contributed by atoms with Gasteiger partial charge in [0.05, 0.1) is 12.0 Å². The van der Waals surface area contributed by atoms with Gasteiger partial charge in [-0.2, -0.15) is 0 Å². The molecule has 1 atom stereocenters. The maximum absolute atomic E-state index is 13.6. The van der Waals surface area contributed by atoms with E-state index in [4.69, 9.17) is 10.5 Å². The van der Waals surface area contributed by atoms with Gasteiger partial charge < -0.3 is 10.5 Å². The first-order chi connectivity index (χ1) is 9.32. The molecule has 5 nitrogen and oxygen atoms in total. The van der Waals surface area contributed by atoms with E-state index in [0.29, 0.717) is 0 Å². The Bertz CT molecular complexity index is 607. The van der Waals surface area contributed by atoms with E-state index in [1.54, 1.807) is 6.92 Å². The zero-order valence-electron chi connectivity index (χ0n) is 11.9. The summed E-state index contributed by atoms with van der Waals surface area (Å²) in [6, 6.07) is 3.56. The fourth-order valence-electron chi connectivity index (χ4n) is 2.19. The molecule has 0 spiro atoms. The minimum atomic E-state index is -3.81. The number of hydrogen-bond acceptors (Lipinski definition) is 4. The van der Waals surface area contributed by atoms with Crippen molar-refractivity contribution >= 4 is 22.4 Å². The van der Waals surface area contributed by atoms with Crippen molar-refractivity contribution in [2.75, 3.05) is 13.7 Å². The lowest BCUT2D eigenvalue weighted by molar-refractivity contribution is 0.373. The van der Waals surface area contributed by atoms with Crippen molar-refractivity contribution in [2.45, 2.75) is 30.2 Å². The van der Waals surface area contributed by atoms with Gasteiger partial charge in [0, 0.05) is 12.1 Å². The Morgan fingerprint density at radius 1 is 1.48 bits per heavy atom. The van der Waals surface area contributed by atoms with Crippen LogP contribution < -0.4 is 15.2 Å². The van der Waals surface area contributed by atoms with Gasteiger partial charge in [-0.05, 0) is 43.9 Å². The van der Waals surface area contributed by atoms with Crippen LogP contribution in [0.25, 0.3) is 0 Å². The normalized spacial score (nSPS) is 17.7. The first-order valence-electron chi connectivity index (χ1n) is 6.40. The smallest absolute Gasteiger partial charge is 0.241 e. The van der Waals surface area contributed by atoms with Gasteiger partial charge in [-0.15, -0.1) is 12.4 Å². The van der Waals surface area contributed by atoms with Gasteiger partial charge in [-0.1, -0.05) is 0 Å². The predicted octanol–water partition coefficient (Wildman–Crippen LogP) is 1.66. The molecule has 0 aromatic heterocycles. The Kier molecular flexibility index (Phi) is 5.60. The summed E-state index contributed by atoms with van der Waals surface area (Å²) in [5, 5.41) is 0. The number of hydrogen-bond donors (Lipinski definition) is 2. The molecule has 21 heavy (non-hydrogen) atoms. The monoisotopic (exact) mass is 338 g/mol. The molecule has 2 rings (SSSR count). The molecule has 0 heterocycles.